The summed E-state index contributed by atoms with van der Waals surface area (Å²) >= 11 is 5.96. The minimum absolute atomic E-state index is 0.160. The van der Waals surface area contributed by atoms with Crippen molar-refractivity contribution in [1.82, 2.24) is 9.80 Å². The van der Waals surface area contributed by atoms with Crippen LogP contribution in [0.5, 0.6) is 0 Å². The normalized spacial score (nSPS) is 19.9. The zero-order valence-electron chi connectivity index (χ0n) is 17.9. The van der Waals surface area contributed by atoms with Gasteiger partial charge in [-0.3, -0.25) is 19.4 Å². The summed E-state index contributed by atoms with van der Waals surface area (Å²) in [6.07, 6.45) is 3.05. The van der Waals surface area contributed by atoms with Crippen LogP contribution in [0.4, 0.5) is 4.79 Å². The maximum Gasteiger partial charge on any atom is 0.328 e. The molecule has 3 amide bonds. The minimum atomic E-state index is -1.27. The van der Waals surface area contributed by atoms with Crippen molar-refractivity contribution >= 4 is 41.4 Å². The van der Waals surface area contributed by atoms with Crippen molar-refractivity contribution < 1.29 is 14.4 Å². The molecule has 0 spiro atoms. The molecule has 32 heavy (non-hydrogen) atoms. The van der Waals surface area contributed by atoms with Gasteiger partial charge >= 0.3 is 6.03 Å². The number of urea groups is 1. The summed E-state index contributed by atoms with van der Waals surface area (Å²) in [5.41, 5.74) is 0.580. The van der Waals surface area contributed by atoms with Gasteiger partial charge in [0.2, 0.25) is 0 Å². The maximum atomic E-state index is 13.2. The summed E-state index contributed by atoms with van der Waals surface area (Å²) in [7, 11) is 1.62. The average Bonchev–Trinajstić information content (AvgIpc) is 3.23. The van der Waals surface area contributed by atoms with E-state index in [0.717, 1.165) is 6.42 Å². The van der Waals surface area contributed by atoms with Crippen LogP contribution in [0.3, 0.4) is 0 Å². The van der Waals surface area contributed by atoms with Crippen molar-refractivity contribution in [3.8, 4) is 0 Å². The number of benzene rings is 2. The molecule has 0 bridgehead atoms. The Labute approximate surface area is 191 Å². The monoisotopic (exact) mass is 450 g/mol. The molecule has 8 heteroatoms. The summed E-state index contributed by atoms with van der Waals surface area (Å²) in [6, 6.07) is 13.4. The molecule has 1 unspecified atom stereocenters. The largest absolute Gasteiger partial charge is 0.328 e. The summed E-state index contributed by atoms with van der Waals surface area (Å²) in [5, 5.41) is 0.545. The lowest BCUT2D eigenvalue weighted by atomic mass is 9.87. The Morgan fingerprint density at radius 1 is 1.09 bits per heavy atom. The third-order valence-electron chi connectivity index (χ3n) is 5.90. The van der Waals surface area contributed by atoms with Gasteiger partial charge in [0.15, 0.2) is 17.2 Å². The molecule has 4 rings (SSSR count). The molecule has 1 saturated heterocycles. The van der Waals surface area contributed by atoms with E-state index in [1.54, 1.807) is 43.4 Å². The van der Waals surface area contributed by atoms with Gasteiger partial charge in [-0.05, 0) is 36.2 Å². The van der Waals surface area contributed by atoms with Gasteiger partial charge in [-0.1, -0.05) is 49.2 Å². The quantitative estimate of drug-likeness (QED) is 0.598. The van der Waals surface area contributed by atoms with Crippen LogP contribution in [0.1, 0.15) is 41.3 Å². The SMILES string of the molecule is CCCCN1C(=O)C2=NC=NC2(Cc2ccccc2C(=O)c2ccc(Cl)cc2)N(C)C1=O. The topological polar surface area (TPSA) is 82.4 Å². The summed E-state index contributed by atoms with van der Waals surface area (Å²) < 4.78 is 0. The van der Waals surface area contributed by atoms with Crippen LogP contribution in [0, 0.1) is 0 Å². The molecule has 0 aromatic heterocycles. The summed E-state index contributed by atoms with van der Waals surface area (Å²) in [5.74, 6) is -0.602. The van der Waals surface area contributed by atoms with Gasteiger partial charge in [0.1, 0.15) is 6.34 Å². The Bertz CT molecular complexity index is 1140. The van der Waals surface area contributed by atoms with Gasteiger partial charge < -0.3 is 0 Å². The number of halogens is 1. The van der Waals surface area contributed by atoms with Crippen molar-refractivity contribution in [1.29, 1.82) is 0 Å². The third-order valence-corrected chi connectivity index (χ3v) is 6.15. The van der Waals surface area contributed by atoms with Crippen molar-refractivity contribution in [3.63, 3.8) is 0 Å². The van der Waals surface area contributed by atoms with Gasteiger partial charge in [-0.2, -0.15) is 0 Å². The Morgan fingerprint density at radius 3 is 2.53 bits per heavy atom. The highest BCUT2D eigenvalue weighted by Gasteiger charge is 2.54. The minimum Gasteiger partial charge on any atom is -0.297 e. The van der Waals surface area contributed by atoms with E-state index in [4.69, 9.17) is 11.6 Å². The van der Waals surface area contributed by atoms with E-state index in [1.165, 1.54) is 16.1 Å². The fourth-order valence-electron chi connectivity index (χ4n) is 4.05. The Kier molecular flexibility index (Phi) is 5.93. The molecule has 7 nitrogen and oxygen atoms in total. The molecule has 164 valence electrons. The first-order valence-electron chi connectivity index (χ1n) is 10.5. The lowest BCUT2D eigenvalue weighted by Crippen LogP contribution is -2.67. The van der Waals surface area contributed by atoms with Gasteiger partial charge in [0.25, 0.3) is 5.91 Å². The zero-order valence-corrected chi connectivity index (χ0v) is 18.7. The number of nitrogens with zero attached hydrogens (tertiary/aromatic N) is 4. The highest BCUT2D eigenvalue weighted by molar-refractivity contribution is 6.48. The molecule has 1 atom stereocenters. The number of imide groups is 1. The molecule has 2 aromatic rings. The molecule has 2 aliphatic heterocycles. The first kappa shape index (κ1) is 21.9. The highest BCUT2D eigenvalue weighted by Crippen LogP contribution is 2.34. The maximum absolute atomic E-state index is 13.2. The molecule has 2 heterocycles. The van der Waals surface area contributed by atoms with Crippen LogP contribution < -0.4 is 0 Å². The fraction of sp³-hybridized carbons (Fsp3) is 0.292. The van der Waals surface area contributed by atoms with Gasteiger partial charge in [-0.15, -0.1) is 0 Å². The van der Waals surface area contributed by atoms with Crippen LogP contribution in [0.25, 0.3) is 0 Å². The number of likely N-dealkylation sites (N-methyl/N-ethyl adjacent to an activating group) is 1. The number of unbranched alkanes of at least 4 members (excludes halogenated alkanes) is 1. The number of aliphatic imine (C=N–C) groups is 2. The number of hydrogen-bond donors (Lipinski definition) is 0. The third kappa shape index (κ3) is 3.62. The molecule has 2 aromatic carbocycles. The molecule has 0 aliphatic carbocycles. The van der Waals surface area contributed by atoms with E-state index >= 15 is 0 Å². The van der Waals surface area contributed by atoms with E-state index in [9.17, 15) is 14.4 Å². The van der Waals surface area contributed by atoms with Gasteiger partial charge in [0, 0.05) is 36.2 Å². The zero-order chi connectivity index (χ0) is 22.9. The predicted octanol–water partition coefficient (Wildman–Crippen LogP) is 3.99. The standard InChI is InChI=1S/C24H23ClN4O3/c1-3-4-13-29-22(31)21-24(27-15-26-21,28(2)23(29)32)14-17-7-5-6-8-19(17)20(30)16-9-11-18(25)12-10-16/h5-12,15H,3-4,13-14H2,1-2H3. The number of amides is 3. The van der Waals surface area contributed by atoms with Crippen LogP contribution >= 0.6 is 11.6 Å². The van der Waals surface area contributed by atoms with Crippen LogP contribution in [0.2, 0.25) is 5.02 Å². The Balaban J connectivity index is 1.70. The second-order valence-corrected chi connectivity index (χ2v) is 8.30. The molecule has 0 saturated carbocycles. The Hall–Kier alpha value is -3.32. The highest BCUT2D eigenvalue weighted by atomic mass is 35.5. The van der Waals surface area contributed by atoms with E-state index in [2.05, 4.69) is 9.98 Å². The molecule has 2 aliphatic rings. The van der Waals surface area contributed by atoms with E-state index in [-0.39, 0.29) is 17.9 Å². The number of carbonyl (C=O) groups is 3. The molecular formula is C24H23ClN4O3. The van der Waals surface area contributed by atoms with Crippen molar-refractivity contribution in [3.05, 3.63) is 70.2 Å². The van der Waals surface area contributed by atoms with Crippen molar-refractivity contribution in [2.24, 2.45) is 9.98 Å². The number of rotatable bonds is 7. The average molecular weight is 451 g/mol. The van der Waals surface area contributed by atoms with Crippen LogP contribution in [0.15, 0.2) is 58.5 Å². The second kappa shape index (κ2) is 8.67. The lowest BCUT2D eigenvalue weighted by Gasteiger charge is -2.44. The van der Waals surface area contributed by atoms with E-state index in [0.29, 0.717) is 34.7 Å². The molecule has 0 radical (unpaired) electrons. The smallest absolute Gasteiger partial charge is 0.297 e. The Morgan fingerprint density at radius 2 is 1.81 bits per heavy atom. The summed E-state index contributed by atoms with van der Waals surface area (Å²) in [6.45, 7) is 2.33. The second-order valence-electron chi connectivity index (χ2n) is 7.86. The predicted molar refractivity (Wildman–Crippen MR) is 123 cm³/mol. The summed E-state index contributed by atoms with van der Waals surface area (Å²) in [4.78, 5) is 50.8. The van der Waals surface area contributed by atoms with E-state index in [1.807, 2.05) is 19.1 Å². The fourth-order valence-corrected chi connectivity index (χ4v) is 4.18. The number of carbonyl (C=O) groups excluding carboxylic acids is 3. The lowest BCUT2D eigenvalue weighted by molar-refractivity contribution is -0.124. The van der Waals surface area contributed by atoms with Gasteiger partial charge in [-0.25, -0.2) is 14.8 Å². The van der Waals surface area contributed by atoms with Crippen molar-refractivity contribution in [2.75, 3.05) is 13.6 Å². The molecule has 1 fully saturated rings. The van der Waals surface area contributed by atoms with Crippen LogP contribution in [-0.4, -0.2) is 58.8 Å². The number of fused-ring (bicyclic) bond motifs is 1. The first-order chi connectivity index (χ1) is 15.4. The van der Waals surface area contributed by atoms with Crippen molar-refractivity contribution in [2.45, 2.75) is 31.8 Å². The van der Waals surface area contributed by atoms with E-state index < -0.39 is 17.6 Å². The molecular weight excluding hydrogens is 428 g/mol. The first-order valence-corrected chi connectivity index (χ1v) is 10.9. The molecule has 0 N–H and O–H groups in total. The number of hydrogen-bond acceptors (Lipinski definition) is 5. The van der Waals surface area contributed by atoms with Crippen LogP contribution in [-0.2, 0) is 11.2 Å². The number of ketones is 1. The van der Waals surface area contributed by atoms with Gasteiger partial charge in [0.05, 0.1) is 0 Å².